The lowest BCUT2D eigenvalue weighted by molar-refractivity contribution is 0.0686. The summed E-state index contributed by atoms with van der Waals surface area (Å²) in [6.07, 6.45) is 3.51. The molecule has 0 radical (unpaired) electrons. The molecule has 2 N–H and O–H groups in total. The predicted molar refractivity (Wildman–Crippen MR) is 80.7 cm³/mol. The first-order chi connectivity index (χ1) is 9.97. The van der Waals surface area contributed by atoms with Gasteiger partial charge < -0.3 is 10.2 Å². The molecule has 5 heteroatoms. The Bertz CT molecular complexity index is 718. The first-order valence-corrected chi connectivity index (χ1v) is 6.39. The fraction of sp³-hybridized carbons (Fsp3) is 0. The monoisotopic (exact) mass is 302 g/mol. The van der Waals surface area contributed by atoms with Crippen LogP contribution in [0.15, 0.2) is 42.5 Å². The van der Waals surface area contributed by atoms with Crippen LogP contribution in [0.25, 0.3) is 12.2 Å². The van der Waals surface area contributed by atoms with Gasteiger partial charge in [0, 0.05) is 5.02 Å². The quantitative estimate of drug-likeness (QED) is 0.840. The molecule has 0 heterocycles. The van der Waals surface area contributed by atoms with E-state index in [0.717, 1.165) is 5.56 Å². The van der Waals surface area contributed by atoms with Crippen molar-refractivity contribution in [2.75, 3.05) is 0 Å². The van der Waals surface area contributed by atoms with Gasteiger partial charge in [0.2, 0.25) is 0 Å². The van der Waals surface area contributed by atoms with Gasteiger partial charge in [-0.15, -0.1) is 0 Å². The first-order valence-electron chi connectivity index (χ1n) is 6.01. The van der Waals surface area contributed by atoms with Crippen molar-refractivity contribution in [3.8, 4) is 0 Å². The van der Waals surface area contributed by atoms with E-state index in [0.29, 0.717) is 10.6 Å². The molecule has 2 aromatic rings. The van der Waals surface area contributed by atoms with Crippen LogP contribution in [0.1, 0.15) is 31.8 Å². The van der Waals surface area contributed by atoms with Gasteiger partial charge >= 0.3 is 11.9 Å². The van der Waals surface area contributed by atoms with Crippen molar-refractivity contribution in [2.24, 2.45) is 0 Å². The summed E-state index contributed by atoms with van der Waals surface area (Å²) in [6, 6.07) is 10.9. The van der Waals surface area contributed by atoms with Gasteiger partial charge in [0.25, 0.3) is 0 Å². The number of benzene rings is 2. The maximum atomic E-state index is 10.8. The van der Waals surface area contributed by atoms with E-state index in [1.807, 2.05) is 0 Å². The Hall–Kier alpha value is -2.59. The lowest BCUT2D eigenvalue weighted by Crippen LogP contribution is -1.95. The van der Waals surface area contributed by atoms with Crippen LogP contribution in [-0.2, 0) is 0 Å². The molecule has 0 fully saturated rings. The lowest BCUT2D eigenvalue weighted by Gasteiger charge is -2.01. The zero-order chi connectivity index (χ0) is 15.4. The van der Waals surface area contributed by atoms with E-state index < -0.39 is 11.9 Å². The summed E-state index contributed by atoms with van der Waals surface area (Å²) in [7, 11) is 0. The summed E-state index contributed by atoms with van der Waals surface area (Å²) in [5.74, 6) is -2.01. The second-order valence-electron chi connectivity index (χ2n) is 4.30. The highest BCUT2D eigenvalue weighted by atomic mass is 35.5. The minimum absolute atomic E-state index is 0.128. The normalized spacial score (nSPS) is 10.7. The predicted octanol–water partition coefficient (Wildman–Crippen LogP) is 3.91. The number of halogens is 1. The maximum Gasteiger partial charge on any atom is 0.335 e. The molecular formula is C16H11ClO4. The van der Waals surface area contributed by atoms with Gasteiger partial charge in [-0.25, -0.2) is 9.59 Å². The second kappa shape index (κ2) is 6.24. The third-order valence-electron chi connectivity index (χ3n) is 2.86. The van der Waals surface area contributed by atoms with E-state index in [4.69, 9.17) is 21.8 Å². The SMILES string of the molecule is O=C(O)c1ccc(C=Cc2ccc(C(=O)O)cc2Cl)cc1. The number of carbonyl (C=O) groups is 2. The van der Waals surface area contributed by atoms with Gasteiger partial charge in [-0.2, -0.15) is 0 Å². The van der Waals surface area contributed by atoms with Crippen LogP contribution >= 0.6 is 11.6 Å². The van der Waals surface area contributed by atoms with Crippen molar-refractivity contribution in [1.29, 1.82) is 0 Å². The van der Waals surface area contributed by atoms with Crippen LogP contribution in [-0.4, -0.2) is 22.2 Å². The van der Waals surface area contributed by atoms with Crippen molar-refractivity contribution in [1.82, 2.24) is 0 Å². The minimum Gasteiger partial charge on any atom is -0.478 e. The number of aromatic carboxylic acids is 2. The fourth-order valence-electron chi connectivity index (χ4n) is 1.72. The highest BCUT2D eigenvalue weighted by Crippen LogP contribution is 2.20. The number of hydrogen-bond donors (Lipinski definition) is 2. The lowest BCUT2D eigenvalue weighted by atomic mass is 10.1. The summed E-state index contributed by atoms with van der Waals surface area (Å²) >= 11 is 6.01. The van der Waals surface area contributed by atoms with Crippen LogP contribution < -0.4 is 0 Å². The molecule has 4 nitrogen and oxygen atoms in total. The van der Waals surface area contributed by atoms with E-state index in [1.165, 1.54) is 24.3 Å². The Balaban J connectivity index is 2.21. The molecule has 0 saturated heterocycles. The smallest absolute Gasteiger partial charge is 0.335 e. The maximum absolute atomic E-state index is 10.8. The Kier molecular flexibility index (Phi) is 4.40. The zero-order valence-corrected chi connectivity index (χ0v) is 11.5. The summed E-state index contributed by atoms with van der Waals surface area (Å²) in [6.45, 7) is 0. The van der Waals surface area contributed by atoms with Gasteiger partial charge in [-0.3, -0.25) is 0 Å². The second-order valence-corrected chi connectivity index (χ2v) is 4.71. The van der Waals surface area contributed by atoms with Crippen LogP contribution in [0.5, 0.6) is 0 Å². The topological polar surface area (TPSA) is 74.6 Å². The molecule has 0 amide bonds. The standard InChI is InChI=1S/C16H11ClO4/c17-14-9-13(16(20)21)8-7-11(14)4-1-10-2-5-12(6-3-10)15(18)19/h1-9H,(H,18,19)(H,20,21). The summed E-state index contributed by atoms with van der Waals surface area (Å²) in [5.41, 5.74) is 1.85. The van der Waals surface area contributed by atoms with Gasteiger partial charge in [0.1, 0.15) is 0 Å². The van der Waals surface area contributed by atoms with E-state index in [2.05, 4.69) is 0 Å². The van der Waals surface area contributed by atoms with Crippen molar-refractivity contribution in [3.05, 3.63) is 69.7 Å². The Morgan fingerprint density at radius 3 is 1.95 bits per heavy atom. The molecule has 0 saturated carbocycles. The minimum atomic E-state index is -1.03. The average Bonchev–Trinajstić information content (AvgIpc) is 2.46. The first kappa shape index (κ1) is 14.8. The highest BCUT2D eigenvalue weighted by molar-refractivity contribution is 6.32. The molecular weight excluding hydrogens is 292 g/mol. The molecule has 0 bridgehead atoms. The summed E-state index contributed by atoms with van der Waals surface area (Å²) in [5, 5.41) is 18.0. The number of rotatable bonds is 4. The van der Waals surface area contributed by atoms with Crippen LogP contribution in [0.4, 0.5) is 0 Å². The third kappa shape index (κ3) is 3.70. The van der Waals surface area contributed by atoms with Crippen LogP contribution in [0.3, 0.4) is 0 Å². The van der Waals surface area contributed by atoms with Crippen molar-refractivity contribution < 1.29 is 19.8 Å². The molecule has 0 aliphatic carbocycles. The van der Waals surface area contributed by atoms with Crippen molar-refractivity contribution >= 4 is 35.7 Å². The fourth-order valence-corrected chi connectivity index (χ4v) is 1.96. The van der Waals surface area contributed by atoms with Crippen molar-refractivity contribution in [3.63, 3.8) is 0 Å². The van der Waals surface area contributed by atoms with E-state index in [9.17, 15) is 9.59 Å². The van der Waals surface area contributed by atoms with Gasteiger partial charge in [-0.05, 0) is 35.4 Å². The van der Waals surface area contributed by atoms with Gasteiger partial charge in [-0.1, -0.05) is 42.0 Å². The van der Waals surface area contributed by atoms with Crippen molar-refractivity contribution in [2.45, 2.75) is 0 Å². The van der Waals surface area contributed by atoms with Crippen LogP contribution in [0, 0.1) is 0 Å². The Morgan fingerprint density at radius 2 is 1.43 bits per heavy atom. The molecule has 106 valence electrons. The number of carboxylic acids is 2. The van der Waals surface area contributed by atoms with Gasteiger partial charge in [0.15, 0.2) is 0 Å². The molecule has 21 heavy (non-hydrogen) atoms. The average molecular weight is 303 g/mol. The molecule has 0 spiro atoms. The zero-order valence-electron chi connectivity index (χ0n) is 10.8. The molecule has 0 aliphatic rings. The van der Waals surface area contributed by atoms with E-state index in [-0.39, 0.29) is 11.1 Å². The number of carboxylic acid groups (broad SMARTS) is 2. The Labute approximate surface area is 125 Å². The summed E-state index contributed by atoms with van der Waals surface area (Å²) in [4.78, 5) is 21.5. The summed E-state index contributed by atoms with van der Waals surface area (Å²) < 4.78 is 0. The molecule has 0 unspecified atom stereocenters. The van der Waals surface area contributed by atoms with E-state index in [1.54, 1.807) is 30.4 Å². The van der Waals surface area contributed by atoms with Gasteiger partial charge in [0.05, 0.1) is 11.1 Å². The van der Waals surface area contributed by atoms with E-state index >= 15 is 0 Å². The molecule has 0 atom stereocenters. The molecule has 2 aromatic carbocycles. The molecule has 0 aliphatic heterocycles. The largest absolute Gasteiger partial charge is 0.478 e. The van der Waals surface area contributed by atoms with Crippen LogP contribution in [0.2, 0.25) is 5.02 Å². The Morgan fingerprint density at radius 1 is 0.857 bits per heavy atom. The molecule has 0 aromatic heterocycles. The third-order valence-corrected chi connectivity index (χ3v) is 3.19. The highest BCUT2D eigenvalue weighted by Gasteiger charge is 2.05. The molecule has 2 rings (SSSR count). The number of hydrogen-bond acceptors (Lipinski definition) is 2.